The molecule has 1 aliphatic carbocycles. The molecule has 0 spiro atoms. The molecule has 2 nitrogen and oxygen atoms in total. The molecular weight excluding hydrogens is 234 g/mol. The molecule has 0 aromatic rings. The van der Waals surface area contributed by atoms with E-state index in [0.717, 1.165) is 6.42 Å². The summed E-state index contributed by atoms with van der Waals surface area (Å²) in [5.41, 5.74) is 6.94. The minimum absolute atomic E-state index is 0.00278. The Morgan fingerprint density at radius 3 is 2.26 bits per heavy atom. The topological polar surface area (TPSA) is 35.2 Å². The molecule has 0 amide bonds. The first-order valence-corrected chi connectivity index (χ1v) is 7.71. The van der Waals surface area contributed by atoms with Gasteiger partial charge >= 0.3 is 0 Å². The van der Waals surface area contributed by atoms with Gasteiger partial charge < -0.3 is 10.5 Å². The van der Waals surface area contributed by atoms with Gasteiger partial charge in [-0.25, -0.2) is 0 Å². The van der Waals surface area contributed by atoms with Crippen LogP contribution in [-0.4, -0.2) is 12.3 Å². The average molecular weight is 265 g/mol. The van der Waals surface area contributed by atoms with E-state index in [2.05, 4.69) is 54.2 Å². The molecule has 0 aromatic carbocycles. The fraction of sp³-hybridized carbons (Fsp3) is 0.882. The molecule has 110 valence electrons. The zero-order valence-electron chi connectivity index (χ0n) is 13.5. The van der Waals surface area contributed by atoms with Crippen molar-refractivity contribution >= 4 is 0 Å². The van der Waals surface area contributed by atoms with E-state index in [4.69, 9.17) is 10.5 Å². The van der Waals surface area contributed by atoms with Crippen LogP contribution >= 0.6 is 0 Å². The van der Waals surface area contributed by atoms with Crippen molar-refractivity contribution in [2.24, 2.45) is 27.4 Å². The highest BCUT2D eigenvalue weighted by Crippen LogP contribution is 2.82. The highest BCUT2D eigenvalue weighted by Gasteiger charge is 2.78. The lowest BCUT2D eigenvalue weighted by molar-refractivity contribution is -0.103. The maximum absolute atomic E-state index is 6.41. The Bertz CT molecular complexity index is 391. The SMILES string of the molecule is C=CC1(C)C(CC)OC(N)C(C)(C)C2(C)CC12CC. The summed E-state index contributed by atoms with van der Waals surface area (Å²) in [6, 6.07) is 0. The molecule has 0 bridgehead atoms. The standard InChI is InChI=1S/C17H31NO/c1-8-12-15(6,9-2)17(10-3)11-16(17,7)14(4,5)13(18)19-12/h9,12-13H,2,8,10-11,18H2,1,3-7H3. The summed E-state index contributed by atoms with van der Waals surface area (Å²) in [5.74, 6) is 0. The lowest BCUT2D eigenvalue weighted by Crippen LogP contribution is -2.46. The molecule has 2 aliphatic rings. The molecule has 0 aromatic heterocycles. The molecule has 1 saturated carbocycles. The summed E-state index contributed by atoms with van der Waals surface area (Å²) >= 11 is 0. The fourth-order valence-electron chi connectivity index (χ4n) is 5.04. The highest BCUT2D eigenvalue weighted by atomic mass is 16.5. The Balaban J connectivity index is 2.60. The molecule has 19 heavy (non-hydrogen) atoms. The van der Waals surface area contributed by atoms with Crippen LogP contribution in [0.2, 0.25) is 0 Å². The van der Waals surface area contributed by atoms with E-state index in [1.165, 1.54) is 12.8 Å². The number of ether oxygens (including phenoxy) is 1. The summed E-state index contributed by atoms with van der Waals surface area (Å²) < 4.78 is 6.28. The molecule has 2 N–H and O–H groups in total. The first-order valence-electron chi connectivity index (χ1n) is 7.71. The van der Waals surface area contributed by atoms with Gasteiger partial charge in [-0.15, -0.1) is 6.58 Å². The molecule has 1 saturated heterocycles. The third kappa shape index (κ3) is 1.45. The Morgan fingerprint density at radius 2 is 1.84 bits per heavy atom. The zero-order chi connectivity index (χ0) is 14.7. The van der Waals surface area contributed by atoms with Crippen LogP contribution < -0.4 is 5.73 Å². The summed E-state index contributed by atoms with van der Waals surface area (Å²) in [6.45, 7) is 17.9. The van der Waals surface area contributed by atoms with Crippen molar-refractivity contribution in [3.05, 3.63) is 12.7 Å². The van der Waals surface area contributed by atoms with E-state index in [1.54, 1.807) is 0 Å². The molecular formula is C17H31NO. The van der Waals surface area contributed by atoms with Crippen LogP contribution in [-0.2, 0) is 4.74 Å². The predicted octanol–water partition coefficient (Wildman–Crippen LogP) is 4.10. The minimum Gasteiger partial charge on any atom is -0.359 e. The Hall–Kier alpha value is -0.340. The van der Waals surface area contributed by atoms with Gasteiger partial charge in [-0.05, 0) is 30.1 Å². The van der Waals surface area contributed by atoms with E-state index in [9.17, 15) is 0 Å². The molecule has 2 rings (SSSR count). The van der Waals surface area contributed by atoms with Crippen LogP contribution in [0.1, 0.15) is 60.8 Å². The number of hydrogen-bond acceptors (Lipinski definition) is 2. The lowest BCUT2D eigenvalue weighted by atomic mass is 9.60. The number of nitrogens with two attached hydrogens (primary N) is 1. The van der Waals surface area contributed by atoms with E-state index in [0.29, 0.717) is 0 Å². The summed E-state index contributed by atoms with van der Waals surface area (Å²) in [4.78, 5) is 0. The van der Waals surface area contributed by atoms with E-state index in [-0.39, 0.29) is 34.0 Å². The van der Waals surface area contributed by atoms with E-state index < -0.39 is 0 Å². The van der Waals surface area contributed by atoms with Crippen LogP contribution in [0.4, 0.5) is 0 Å². The van der Waals surface area contributed by atoms with Gasteiger partial charge in [0.25, 0.3) is 0 Å². The maximum Gasteiger partial charge on any atom is 0.111 e. The molecule has 0 radical (unpaired) electrons. The number of hydrogen-bond donors (Lipinski definition) is 1. The summed E-state index contributed by atoms with van der Waals surface area (Å²) in [7, 11) is 0. The molecule has 5 unspecified atom stereocenters. The number of rotatable bonds is 3. The molecule has 2 heteroatoms. The van der Waals surface area contributed by atoms with Crippen molar-refractivity contribution in [2.45, 2.75) is 73.1 Å². The van der Waals surface area contributed by atoms with Crippen molar-refractivity contribution < 1.29 is 4.74 Å². The zero-order valence-corrected chi connectivity index (χ0v) is 13.5. The second-order valence-corrected chi connectivity index (χ2v) is 7.61. The van der Waals surface area contributed by atoms with Crippen molar-refractivity contribution in [1.29, 1.82) is 0 Å². The molecule has 5 atom stereocenters. The van der Waals surface area contributed by atoms with Gasteiger partial charge in [0, 0.05) is 10.8 Å². The third-order valence-electron chi connectivity index (χ3n) is 7.13. The van der Waals surface area contributed by atoms with Crippen LogP contribution in [0.3, 0.4) is 0 Å². The average Bonchev–Trinajstić information content (AvgIpc) is 3.03. The molecule has 1 heterocycles. The van der Waals surface area contributed by atoms with Gasteiger partial charge in [-0.1, -0.05) is 47.6 Å². The van der Waals surface area contributed by atoms with Crippen LogP contribution in [0.15, 0.2) is 12.7 Å². The fourth-order valence-corrected chi connectivity index (χ4v) is 5.04. The predicted molar refractivity (Wildman–Crippen MR) is 80.7 cm³/mol. The van der Waals surface area contributed by atoms with Crippen LogP contribution in [0.5, 0.6) is 0 Å². The summed E-state index contributed by atoms with van der Waals surface area (Å²) in [6.07, 6.45) is 5.51. The minimum atomic E-state index is -0.197. The second-order valence-electron chi connectivity index (χ2n) is 7.61. The van der Waals surface area contributed by atoms with Crippen LogP contribution in [0.25, 0.3) is 0 Å². The van der Waals surface area contributed by atoms with Crippen molar-refractivity contribution in [3.8, 4) is 0 Å². The van der Waals surface area contributed by atoms with Gasteiger partial charge in [-0.3, -0.25) is 0 Å². The molecule has 1 aliphatic heterocycles. The largest absolute Gasteiger partial charge is 0.359 e. The Morgan fingerprint density at radius 1 is 1.26 bits per heavy atom. The van der Waals surface area contributed by atoms with Gasteiger partial charge in [0.1, 0.15) is 6.23 Å². The van der Waals surface area contributed by atoms with Crippen molar-refractivity contribution in [1.82, 2.24) is 0 Å². The van der Waals surface area contributed by atoms with Crippen molar-refractivity contribution in [3.63, 3.8) is 0 Å². The monoisotopic (exact) mass is 265 g/mol. The third-order valence-corrected chi connectivity index (χ3v) is 7.13. The normalized spacial score (nSPS) is 52.2. The highest BCUT2D eigenvalue weighted by molar-refractivity contribution is 5.29. The van der Waals surface area contributed by atoms with Gasteiger partial charge in [0.15, 0.2) is 0 Å². The van der Waals surface area contributed by atoms with Gasteiger partial charge in [0.05, 0.1) is 6.10 Å². The first-order chi connectivity index (χ1) is 8.66. The second kappa shape index (κ2) is 4.08. The summed E-state index contributed by atoms with van der Waals surface area (Å²) in [5, 5.41) is 0. The van der Waals surface area contributed by atoms with E-state index >= 15 is 0 Å². The molecule has 2 fully saturated rings. The smallest absolute Gasteiger partial charge is 0.111 e. The number of fused-ring (bicyclic) bond motifs is 1. The Labute approximate surface area is 118 Å². The first kappa shape index (κ1) is 15.1. The lowest BCUT2D eigenvalue weighted by Gasteiger charge is -2.43. The maximum atomic E-state index is 6.41. The van der Waals surface area contributed by atoms with Gasteiger partial charge in [0.2, 0.25) is 0 Å². The van der Waals surface area contributed by atoms with Crippen LogP contribution in [0, 0.1) is 21.7 Å². The quantitative estimate of drug-likeness (QED) is 0.780. The van der Waals surface area contributed by atoms with E-state index in [1.807, 2.05) is 0 Å². The van der Waals surface area contributed by atoms with Crippen molar-refractivity contribution in [2.75, 3.05) is 0 Å². The Kier molecular flexibility index (Phi) is 3.23. The van der Waals surface area contributed by atoms with Gasteiger partial charge in [-0.2, -0.15) is 0 Å².